The number of thioether (sulfide) groups is 1. The number of aldehydes is 1. The summed E-state index contributed by atoms with van der Waals surface area (Å²) in [5.74, 6) is 1.27. The molecule has 0 spiro atoms. The van der Waals surface area contributed by atoms with Crippen LogP contribution in [0.1, 0.15) is 25.0 Å². The number of likely N-dealkylation sites (tertiary alicyclic amines) is 1. The molecular formula is C20H22N2O4S. The summed E-state index contributed by atoms with van der Waals surface area (Å²) in [6, 6.07) is 8.83. The molecule has 1 unspecified atom stereocenters. The number of furan rings is 1. The Morgan fingerprint density at radius 3 is 3.00 bits per heavy atom. The van der Waals surface area contributed by atoms with Gasteiger partial charge in [-0.2, -0.15) is 0 Å². The number of para-hydroxylation sites is 1. The van der Waals surface area contributed by atoms with E-state index in [9.17, 15) is 14.4 Å². The highest BCUT2D eigenvalue weighted by Gasteiger charge is 2.42. The number of carbonyl (C=O) groups excluding carboxylic acids is 3. The van der Waals surface area contributed by atoms with Gasteiger partial charge in [-0.25, -0.2) is 0 Å². The number of fused-ring (bicyclic) bond motifs is 1. The number of ketones is 1. The van der Waals surface area contributed by atoms with Crippen molar-refractivity contribution >= 4 is 40.7 Å². The first-order valence-electron chi connectivity index (χ1n) is 9.28. The molecule has 0 bridgehead atoms. The van der Waals surface area contributed by atoms with Gasteiger partial charge in [-0.1, -0.05) is 18.2 Å². The van der Waals surface area contributed by atoms with Crippen LogP contribution in [0.5, 0.6) is 0 Å². The lowest BCUT2D eigenvalue weighted by Crippen LogP contribution is -2.51. The molecule has 0 saturated carbocycles. The molecule has 4 rings (SSSR count). The summed E-state index contributed by atoms with van der Waals surface area (Å²) >= 11 is 1.47. The maximum Gasteiger partial charge on any atom is 0.241 e. The minimum absolute atomic E-state index is 0.0469. The third-order valence-electron chi connectivity index (χ3n) is 5.29. The lowest BCUT2D eigenvalue weighted by Gasteiger charge is -2.26. The van der Waals surface area contributed by atoms with E-state index in [-0.39, 0.29) is 17.7 Å². The Bertz CT molecular complexity index is 832. The zero-order valence-electron chi connectivity index (χ0n) is 14.9. The summed E-state index contributed by atoms with van der Waals surface area (Å²) < 4.78 is 5.78. The Balaban J connectivity index is 1.40. The summed E-state index contributed by atoms with van der Waals surface area (Å²) in [5, 5.41) is 3.76. The van der Waals surface area contributed by atoms with Crippen LogP contribution in [-0.4, -0.2) is 52.6 Å². The predicted molar refractivity (Wildman–Crippen MR) is 104 cm³/mol. The summed E-state index contributed by atoms with van der Waals surface area (Å²) in [6.45, 7) is 0.588. The molecule has 2 saturated heterocycles. The molecule has 2 aliphatic rings. The molecule has 2 fully saturated rings. The van der Waals surface area contributed by atoms with Gasteiger partial charge in [0.1, 0.15) is 29.5 Å². The Hall–Kier alpha value is -2.12. The minimum Gasteiger partial charge on any atom is -0.461 e. The van der Waals surface area contributed by atoms with Crippen molar-refractivity contribution in [3.05, 3.63) is 36.1 Å². The molecule has 0 aliphatic carbocycles. The Labute approximate surface area is 161 Å². The van der Waals surface area contributed by atoms with E-state index in [1.165, 1.54) is 11.8 Å². The standard InChI is InChI=1S/C20H22N2O4S/c23-11-14-5-3-9-22(14)20(25)18-19(27-12-21-18)16(24)8-7-15-10-13-4-1-2-6-17(13)26-15/h1-2,4,6,10-11,14,18-19,21H,3,5,7-9,12H2/t14-,18-,19?/m0/s1. The van der Waals surface area contributed by atoms with Crippen molar-refractivity contribution in [3.63, 3.8) is 0 Å². The van der Waals surface area contributed by atoms with Crippen LogP contribution in [0.3, 0.4) is 0 Å². The summed E-state index contributed by atoms with van der Waals surface area (Å²) in [7, 11) is 0. The highest BCUT2D eigenvalue weighted by atomic mass is 32.2. The second-order valence-electron chi connectivity index (χ2n) is 7.01. The Kier molecular flexibility index (Phi) is 5.31. The molecule has 6 nitrogen and oxygen atoms in total. The number of aryl methyl sites for hydroxylation is 1. The first kappa shape index (κ1) is 18.3. The van der Waals surface area contributed by atoms with E-state index in [1.807, 2.05) is 30.3 Å². The van der Waals surface area contributed by atoms with Crippen molar-refractivity contribution in [2.24, 2.45) is 0 Å². The van der Waals surface area contributed by atoms with Gasteiger partial charge in [-0.15, -0.1) is 11.8 Å². The van der Waals surface area contributed by atoms with E-state index in [0.29, 0.717) is 31.7 Å². The van der Waals surface area contributed by atoms with Gasteiger partial charge < -0.3 is 14.1 Å². The van der Waals surface area contributed by atoms with Crippen LogP contribution in [0, 0.1) is 0 Å². The van der Waals surface area contributed by atoms with Crippen LogP contribution >= 0.6 is 11.8 Å². The third-order valence-corrected chi connectivity index (χ3v) is 6.51. The molecule has 1 amide bonds. The van der Waals surface area contributed by atoms with Crippen molar-refractivity contribution in [1.29, 1.82) is 0 Å². The molecule has 142 valence electrons. The van der Waals surface area contributed by atoms with Crippen molar-refractivity contribution in [3.8, 4) is 0 Å². The number of hydrogen-bond acceptors (Lipinski definition) is 6. The minimum atomic E-state index is -0.543. The van der Waals surface area contributed by atoms with Crippen LogP contribution < -0.4 is 5.32 Å². The van der Waals surface area contributed by atoms with Crippen LogP contribution in [0.2, 0.25) is 0 Å². The first-order valence-corrected chi connectivity index (χ1v) is 10.3. The largest absolute Gasteiger partial charge is 0.461 e. The fraction of sp³-hybridized carbons (Fsp3) is 0.450. The number of nitrogens with one attached hydrogen (secondary N) is 1. The van der Waals surface area contributed by atoms with Gasteiger partial charge in [0.25, 0.3) is 0 Å². The highest BCUT2D eigenvalue weighted by Crippen LogP contribution is 2.28. The van der Waals surface area contributed by atoms with Crippen molar-refractivity contribution in [1.82, 2.24) is 10.2 Å². The van der Waals surface area contributed by atoms with Gasteiger partial charge in [0.05, 0.1) is 11.3 Å². The normalized spacial score (nSPS) is 25.2. The molecule has 1 aromatic heterocycles. The summed E-state index contributed by atoms with van der Waals surface area (Å²) in [4.78, 5) is 38.4. The van der Waals surface area contributed by atoms with Gasteiger partial charge in [0.2, 0.25) is 5.91 Å². The Morgan fingerprint density at radius 2 is 2.19 bits per heavy atom. The molecule has 27 heavy (non-hydrogen) atoms. The van der Waals surface area contributed by atoms with Gasteiger partial charge in [0, 0.05) is 30.6 Å². The molecule has 0 radical (unpaired) electrons. The van der Waals surface area contributed by atoms with Crippen molar-refractivity contribution < 1.29 is 18.8 Å². The van der Waals surface area contributed by atoms with Crippen LogP contribution in [0.15, 0.2) is 34.7 Å². The molecular weight excluding hydrogens is 364 g/mol. The monoisotopic (exact) mass is 386 g/mol. The van der Waals surface area contributed by atoms with Gasteiger partial charge in [0.15, 0.2) is 0 Å². The second-order valence-corrected chi connectivity index (χ2v) is 8.14. The fourth-order valence-electron chi connectivity index (χ4n) is 3.86. The number of carbonyl (C=O) groups is 3. The maximum absolute atomic E-state index is 12.8. The number of benzene rings is 1. The van der Waals surface area contributed by atoms with E-state index < -0.39 is 11.3 Å². The first-order chi connectivity index (χ1) is 13.2. The molecule has 1 N–H and O–H groups in total. The SMILES string of the molecule is O=C[C@@H]1CCCN1C(=O)[C@H]1NCSC1C(=O)CCc1cc2ccccc2o1. The van der Waals surface area contributed by atoms with Crippen molar-refractivity contribution in [2.75, 3.05) is 12.4 Å². The topological polar surface area (TPSA) is 79.6 Å². The van der Waals surface area contributed by atoms with Crippen LogP contribution in [0.25, 0.3) is 11.0 Å². The molecule has 2 aromatic rings. The number of amides is 1. The molecule has 3 heterocycles. The maximum atomic E-state index is 12.8. The average molecular weight is 386 g/mol. The fourth-order valence-corrected chi connectivity index (χ4v) is 5.03. The average Bonchev–Trinajstić information content (AvgIpc) is 3.43. The van der Waals surface area contributed by atoms with E-state index in [4.69, 9.17) is 4.42 Å². The zero-order valence-corrected chi connectivity index (χ0v) is 15.7. The summed E-state index contributed by atoms with van der Waals surface area (Å²) in [6.07, 6.45) is 3.23. The lowest BCUT2D eigenvalue weighted by atomic mass is 10.0. The molecule has 3 atom stereocenters. The molecule has 2 aliphatic heterocycles. The van der Waals surface area contributed by atoms with Crippen molar-refractivity contribution in [2.45, 2.75) is 43.0 Å². The smallest absolute Gasteiger partial charge is 0.241 e. The lowest BCUT2D eigenvalue weighted by molar-refractivity contribution is -0.137. The van der Waals surface area contributed by atoms with Gasteiger partial charge >= 0.3 is 0 Å². The van der Waals surface area contributed by atoms with E-state index in [1.54, 1.807) is 4.90 Å². The van der Waals surface area contributed by atoms with Crippen LogP contribution in [-0.2, 0) is 20.8 Å². The summed E-state index contributed by atoms with van der Waals surface area (Å²) in [5.41, 5.74) is 0.818. The second kappa shape index (κ2) is 7.86. The van der Waals surface area contributed by atoms with E-state index >= 15 is 0 Å². The molecule has 1 aromatic carbocycles. The van der Waals surface area contributed by atoms with Gasteiger partial charge in [-0.05, 0) is 25.0 Å². The number of hydrogen-bond donors (Lipinski definition) is 1. The zero-order chi connectivity index (χ0) is 18.8. The number of nitrogens with zero attached hydrogens (tertiary/aromatic N) is 1. The Morgan fingerprint density at radius 1 is 1.33 bits per heavy atom. The third kappa shape index (κ3) is 3.66. The van der Waals surface area contributed by atoms with Gasteiger partial charge in [-0.3, -0.25) is 14.9 Å². The van der Waals surface area contributed by atoms with Crippen LogP contribution in [0.4, 0.5) is 0 Å². The van der Waals surface area contributed by atoms with E-state index in [0.717, 1.165) is 29.4 Å². The van der Waals surface area contributed by atoms with E-state index in [2.05, 4.69) is 5.32 Å². The number of rotatable bonds is 6. The predicted octanol–water partition coefficient (Wildman–Crippen LogP) is 2.16. The molecule has 7 heteroatoms. The highest BCUT2D eigenvalue weighted by molar-refractivity contribution is 8.00. The number of Topliss-reactive ketones (excluding diaryl/α,β-unsaturated/α-hetero) is 1. The quantitative estimate of drug-likeness (QED) is 0.767.